The zero-order chi connectivity index (χ0) is 12.3. The molecule has 1 heterocycles. The van der Waals surface area contributed by atoms with Gasteiger partial charge in [0, 0.05) is 12.3 Å². The molecule has 1 aliphatic heterocycles. The number of hydrogen-bond donors (Lipinski definition) is 0. The second-order valence-corrected chi connectivity index (χ2v) is 5.75. The average Bonchev–Trinajstić information content (AvgIpc) is 3.11. The van der Waals surface area contributed by atoms with Crippen LogP contribution in [-0.4, -0.2) is 30.3 Å². The molecule has 0 aromatic carbocycles. The summed E-state index contributed by atoms with van der Waals surface area (Å²) >= 11 is 0. The second kappa shape index (κ2) is 3.60. The molecule has 0 N–H and O–H groups in total. The van der Waals surface area contributed by atoms with Gasteiger partial charge in [-0.25, -0.2) is 4.79 Å². The number of fused-ring (bicyclic) bond motifs is 9. The monoisotopic (exact) mass is 247 g/mol. The van der Waals surface area contributed by atoms with E-state index in [1.54, 1.807) is 6.20 Å². The molecular weight excluding hydrogens is 230 g/mol. The largest absolute Gasteiger partial charge is 0.466 e. The summed E-state index contributed by atoms with van der Waals surface area (Å²) in [5.41, 5.74) is 0. The van der Waals surface area contributed by atoms with Crippen LogP contribution < -0.4 is 0 Å². The number of ether oxygens (including phenoxy) is 1. The number of nitrogens with zero attached hydrogens (tertiary/aromatic N) is 1. The molecule has 4 bridgehead atoms. The van der Waals surface area contributed by atoms with E-state index in [0.29, 0.717) is 18.1 Å². The Labute approximate surface area is 106 Å². The minimum absolute atomic E-state index is 0.328. The van der Waals surface area contributed by atoms with E-state index in [1.807, 2.05) is 5.06 Å². The van der Waals surface area contributed by atoms with Crippen molar-refractivity contribution in [3.8, 4) is 0 Å². The lowest BCUT2D eigenvalue weighted by Gasteiger charge is -2.37. The highest BCUT2D eigenvalue weighted by molar-refractivity contribution is 5.81. The first-order valence-electron chi connectivity index (χ1n) is 6.67. The van der Waals surface area contributed by atoms with Gasteiger partial charge in [0.15, 0.2) is 0 Å². The molecule has 3 aliphatic carbocycles. The first kappa shape index (κ1) is 10.6. The molecule has 4 nitrogen and oxygen atoms in total. The summed E-state index contributed by atoms with van der Waals surface area (Å²) in [6.45, 7) is 0. The number of hydroxylamine groups is 2. The van der Waals surface area contributed by atoms with Crippen molar-refractivity contribution in [2.24, 2.45) is 23.7 Å². The van der Waals surface area contributed by atoms with E-state index in [0.717, 1.165) is 24.2 Å². The van der Waals surface area contributed by atoms with Crippen molar-refractivity contribution in [2.45, 2.75) is 25.0 Å². The van der Waals surface area contributed by atoms with Gasteiger partial charge in [0.05, 0.1) is 19.3 Å². The van der Waals surface area contributed by atoms with Gasteiger partial charge in [-0.15, -0.1) is 0 Å². The summed E-state index contributed by atoms with van der Waals surface area (Å²) in [5, 5.41) is 1.89. The fourth-order valence-electron chi connectivity index (χ4n) is 4.49. The Balaban J connectivity index is 1.54. The third-order valence-electron chi connectivity index (χ3n) is 5.07. The highest BCUT2D eigenvalue weighted by Crippen LogP contribution is 2.60. The van der Waals surface area contributed by atoms with Crippen LogP contribution in [-0.2, 0) is 14.4 Å². The lowest BCUT2D eigenvalue weighted by atomic mass is 9.83. The SMILES string of the molecule is COC(=O)/C=C/N1O[C@@H]2C[C@H]1[C@@H]1[C@H]2[C@@H]2C=C[C@H]1C2. The van der Waals surface area contributed by atoms with Gasteiger partial charge >= 0.3 is 5.97 Å². The average molecular weight is 247 g/mol. The first-order chi connectivity index (χ1) is 8.78. The first-order valence-corrected chi connectivity index (χ1v) is 6.67. The van der Waals surface area contributed by atoms with E-state index < -0.39 is 0 Å². The number of methoxy groups -OCH3 is 1. The van der Waals surface area contributed by atoms with Crippen LogP contribution in [0.25, 0.3) is 0 Å². The molecule has 4 aliphatic rings. The lowest BCUT2D eigenvalue weighted by Crippen LogP contribution is -2.41. The van der Waals surface area contributed by atoms with E-state index >= 15 is 0 Å². The standard InChI is InChI=1S/C14H17NO3/c1-17-12(16)4-5-15-10-7-11(18-15)14-9-3-2-8(6-9)13(10)14/h2-5,8-11,13-14H,6-7H2,1H3/b5-4+/t8-,9+,10-,11+,13+,14-/m0/s1. The summed E-state index contributed by atoms with van der Waals surface area (Å²) in [6, 6.07) is 0.445. The van der Waals surface area contributed by atoms with E-state index in [-0.39, 0.29) is 5.97 Å². The maximum Gasteiger partial charge on any atom is 0.332 e. The predicted octanol–water partition coefficient (Wildman–Crippen LogP) is 1.50. The van der Waals surface area contributed by atoms with Crippen molar-refractivity contribution in [1.82, 2.24) is 5.06 Å². The van der Waals surface area contributed by atoms with E-state index in [9.17, 15) is 4.79 Å². The molecular formula is C14H17NO3. The Morgan fingerprint density at radius 1 is 1.33 bits per heavy atom. The molecule has 0 unspecified atom stereocenters. The number of carbonyl (C=O) groups is 1. The Morgan fingerprint density at radius 3 is 2.89 bits per heavy atom. The highest BCUT2D eigenvalue weighted by Gasteiger charge is 2.61. The molecule has 0 spiro atoms. The van der Waals surface area contributed by atoms with Gasteiger partial charge in [0.25, 0.3) is 0 Å². The molecule has 0 amide bonds. The van der Waals surface area contributed by atoms with Crippen molar-refractivity contribution in [1.29, 1.82) is 0 Å². The van der Waals surface area contributed by atoms with Crippen molar-refractivity contribution in [3.05, 3.63) is 24.4 Å². The molecule has 96 valence electrons. The minimum atomic E-state index is -0.328. The molecule has 18 heavy (non-hydrogen) atoms. The van der Waals surface area contributed by atoms with Crippen LogP contribution >= 0.6 is 0 Å². The van der Waals surface area contributed by atoms with Crippen LogP contribution in [0.15, 0.2) is 24.4 Å². The van der Waals surface area contributed by atoms with Gasteiger partial charge in [0.2, 0.25) is 0 Å². The van der Waals surface area contributed by atoms with Gasteiger partial charge in [-0.1, -0.05) is 12.2 Å². The van der Waals surface area contributed by atoms with Crippen molar-refractivity contribution in [2.75, 3.05) is 7.11 Å². The summed E-state index contributed by atoms with van der Waals surface area (Å²) in [7, 11) is 1.39. The highest BCUT2D eigenvalue weighted by atomic mass is 16.7. The second-order valence-electron chi connectivity index (χ2n) is 5.75. The molecule has 3 fully saturated rings. The van der Waals surface area contributed by atoms with Crippen LogP contribution in [0.3, 0.4) is 0 Å². The maximum atomic E-state index is 11.1. The topological polar surface area (TPSA) is 38.8 Å². The Hall–Kier alpha value is -1.29. The molecule has 1 saturated heterocycles. The molecule has 4 heteroatoms. The fraction of sp³-hybridized carbons (Fsp3) is 0.643. The van der Waals surface area contributed by atoms with Gasteiger partial charge in [-0.3, -0.25) is 9.90 Å². The smallest absolute Gasteiger partial charge is 0.332 e. The van der Waals surface area contributed by atoms with E-state index in [2.05, 4.69) is 16.9 Å². The number of rotatable bonds is 2. The van der Waals surface area contributed by atoms with Gasteiger partial charge in [-0.05, 0) is 36.5 Å². The fourth-order valence-corrected chi connectivity index (χ4v) is 4.49. The third kappa shape index (κ3) is 1.27. The normalized spacial score (nSPS) is 47.3. The van der Waals surface area contributed by atoms with Crippen LogP contribution in [0.5, 0.6) is 0 Å². The zero-order valence-electron chi connectivity index (χ0n) is 10.4. The van der Waals surface area contributed by atoms with Gasteiger partial charge in [-0.2, -0.15) is 0 Å². The Bertz CT molecular complexity index is 444. The van der Waals surface area contributed by atoms with Gasteiger partial charge < -0.3 is 4.74 Å². The molecule has 0 radical (unpaired) electrons. The van der Waals surface area contributed by atoms with Crippen molar-refractivity contribution in [3.63, 3.8) is 0 Å². The molecule has 6 atom stereocenters. The molecule has 0 aromatic heterocycles. The third-order valence-corrected chi connectivity index (χ3v) is 5.07. The number of allylic oxidation sites excluding steroid dienone is 2. The van der Waals surface area contributed by atoms with Crippen LogP contribution in [0.4, 0.5) is 0 Å². The Morgan fingerprint density at radius 2 is 2.11 bits per heavy atom. The van der Waals surface area contributed by atoms with Crippen molar-refractivity contribution >= 4 is 5.97 Å². The number of carbonyl (C=O) groups excluding carboxylic acids is 1. The van der Waals surface area contributed by atoms with Gasteiger partial charge in [0.1, 0.15) is 0 Å². The lowest BCUT2D eigenvalue weighted by molar-refractivity contribution is -0.188. The van der Waals surface area contributed by atoms with E-state index in [4.69, 9.17) is 4.84 Å². The molecule has 2 saturated carbocycles. The van der Waals surface area contributed by atoms with Crippen LogP contribution in [0.2, 0.25) is 0 Å². The summed E-state index contributed by atoms with van der Waals surface area (Å²) in [6.07, 6.45) is 10.7. The zero-order valence-corrected chi connectivity index (χ0v) is 10.4. The molecule has 0 aromatic rings. The number of esters is 1. The summed E-state index contributed by atoms with van der Waals surface area (Å²) in [5.74, 6) is 2.58. The predicted molar refractivity (Wildman–Crippen MR) is 64.0 cm³/mol. The minimum Gasteiger partial charge on any atom is -0.466 e. The van der Waals surface area contributed by atoms with E-state index in [1.165, 1.54) is 19.6 Å². The van der Waals surface area contributed by atoms with Crippen molar-refractivity contribution < 1.29 is 14.4 Å². The van der Waals surface area contributed by atoms with Crippen LogP contribution in [0, 0.1) is 23.7 Å². The van der Waals surface area contributed by atoms with Crippen LogP contribution in [0.1, 0.15) is 12.8 Å². The number of hydrogen-bond acceptors (Lipinski definition) is 4. The molecule has 4 rings (SSSR count). The summed E-state index contributed by atoms with van der Waals surface area (Å²) < 4.78 is 4.61. The summed E-state index contributed by atoms with van der Waals surface area (Å²) in [4.78, 5) is 17.1. The maximum absolute atomic E-state index is 11.1. The quantitative estimate of drug-likeness (QED) is 0.321. The Kier molecular flexibility index (Phi) is 2.13.